The van der Waals surface area contributed by atoms with Crippen LogP contribution in [0.5, 0.6) is 0 Å². The lowest BCUT2D eigenvalue weighted by molar-refractivity contribution is -0.116. The van der Waals surface area contributed by atoms with Crippen molar-refractivity contribution in [1.29, 1.82) is 0 Å². The van der Waals surface area contributed by atoms with Crippen molar-refractivity contribution in [2.75, 3.05) is 0 Å². The zero-order chi connectivity index (χ0) is 14.2. The van der Waals surface area contributed by atoms with Crippen molar-refractivity contribution in [1.82, 2.24) is 0 Å². The minimum absolute atomic E-state index is 0.215. The molecule has 1 aromatic rings. The maximum atomic E-state index is 13.5. The largest absolute Gasteiger partial charge is 0.280 e. The molecule has 0 fully saturated rings. The standard InChI is InChI=1S/C11H8ClF5O/c1-3-11(2,10(12)18)4-5(13)7(15)9(17)8(16)6(4)14/h3H2,1-2H3. The molecule has 0 aliphatic carbocycles. The van der Waals surface area contributed by atoms with Gasteiger partial charge in [-0.05, 0) is 24.9 Å². The van der Waals surface area contributed by atoms with Crippen LogP contribution in [-0.2, 0) is 10.2 Å². The van der Waals surface area contributed by atoms with Crippen LogP contribution in [0, 0.1) is 29.1 Å². The molecule has 100 valence electrons. The molecule has 0 aromatic heterocycles. The summed E-state index contributed by atoms with van der Waals surface area (Å²) < 4.78 is 65.9. The lowest BCUT2D eigenvalue weighted by Gasteiger charge is -2.25. The second kappa shape index (κ2) is 4.84. The number of carbonyl (C=O) groups is 1. The van der Waals surface area contributed by atoms with Crippen LogP contribution in [0.3, 0.4) is 0 Å². The molecule has 0 saturated carbocycles. The summed E-state index contributed by atoms with van der Waals surface area (Å²) in [6, 6.07) is 0. The summed E-state index contributed by atoms with van der Waals surface area (Å²) >= 11 is 5.20. The Morgan fingerprint density at radius 2 is 1.33 bits per heavy atom. The van der Waals surface area contributed by atoms with Gasteiger partial charge in [-0.2, -0.15) is 0 Å². The quantitative estimate of drug-likeness (QED) is 0.357. The minimum atomic E-state index is -2.27. The molecule has 1 unspecified atom stereocenters. The summed E-state index contributed by atoms with van der Waals surface area (Å²) in [5.74, 6) is -10.5. The van der Waals surface area contributed by atoms with Crippen LogP contribution < -0.4 is 0 Å². The third kappa shape index (κ3) is 1.98. The summed E-state index contributed by atoms with van der Waals surface area (Å²) in [5, 5.41) is -1.20. The van der Waals surface area contributed by atoms with E-state index in [0.29, 0.717) is 0 Å². The van der Waals surface area contributed by atoms with Gasteiger partial charge in [0, 0.05) is 5.56 Å². The van der Waals surface area contributed by atoms with Crippen LogP contribution in [0.4, 0.5) is 22.0 Å². The van der Waals surface area contributed by atoms with E-state index in [1.807, 2.05) is 0 Å². The topological polar surface area (TPSA) is 17.1 Å². The van der Waals surface area contributed by atoms with Crippen molar-refractivity contribution in [2.24, 2.45) is 0 Å². The van der Waals surface area contributed by atoms with E-state index in [4.69, 9.17) is 11.6 Å². The summed E-state index contributed by atoms with van der Waals surface area (Å²) in [6.45, 7) is 2.36. The van der Waals surface area contributed by atoms with Crippen molar-refractivity contribution in [3.8, 4) is 0 Å². The molecule has 0 aliphatic heterocycles. The number of rotatable bonds is 3. The predicted octanol–water partition coefficient (Wildman–Crippen LogP) is 3.82. The van der Waals surface area contributed by atoms with Gasteiger partial charge in [-0.1, -0.05) is 6.92 Å². The van der Waals surface area contributed by atoms with Crippen LogP contribution in [0.1, 0.15) is 25.8 Å². The monoisotopic (exact) mass is 286 g/mol. The van der Waals surface area contributed by atoms with Crippen LogP contribution in [0.15, 0.2) is 0 Å². The number of hydrogen-bond acceptors (Lipinski definition) is 1. The lowest BCUT2D eigenvalue weighted by atomic mass is 9.80. The van der Waals surface area contributed by atoms with E-state index >= 15 is 0 Å². The molecule has 0 saturated heterocycles. The third-order valence-corrected chi connectivity index (χ3v) is 3.32. The van der Waals surface area contributed by atoms with E-state index in [0.717, 1.165) is 6.92 Å². The van der Waals surface area contributed by atoms with Gasteiger partial charge in [-0.25, -0.2) is 22.0 Å². The summed E-state index contributed by atoms with van der Waals surface area (Å²) in [7, 11) is 0. The minimum Gasteiger partial charge on any atom is -0.280 e. The summed E-state index contributed by atoms with van der Waals surface area (Å²) in [6.07, 6.45) is -0.215. The van der Waals surface area contributed by atoms with E-state index in [-0.39, 0.29) is 6.42 Å². The van der Waals surface area contributed by atoms with Crippen LogP contribution >= 0.6 is 11.6 Å². The molecular weight excluding hydrogens is 279 g/mol. The molecule has 0 radical (unpaired) electrons. The predicted molar refractivity (Wildman–Crippen MR) is 54.7 cm³/mol. The van der Waals surface area contributed by atoms with Gasteiger partial charge in [-0.3, -0.25) is 4.79 Å². The Balaban J connectivity index is 3.75. The highest BCUT2D eigenvalue weighted by molar-refractivity contribution is 6.65. The Kier molecular flexibility index (Phi) is 4.00. The van der Waals surface area contributed by atoms with E-state index in [1.165, 1.54) is 6.92 Å². The average Bonchev–Trinajstić information content (AvgIpc) is 2.33. The number of halogens is 6. The number of carbonyl (C=O) groups excluding carboxylic acids is 1. The first-order chi connectivity index (χ1) is 8.18. The fraction of sp³-hybridized carbons (Fsp3) is 0.364. The maximum Gasteiger partial charge on any atom is 0.232 e. The van der Waals surface area contributed by atoms with Crippen LogP contribution in [0.2, 0.25) is 0 Å². The van der Waals surface area contributed by atoms with E-state index in [1.54, 1.807) is 0 Å². The number of benzene rings is 1. The Morgan fingerprint density at radius 3 is 1.61 bits per heavy atom. The lowest BCUT2D eigenvalue weighted by Crippen LogP contribution is -2.32. The zero-order valence-electron chi connectivity index (χ0n) is 9.38. The highest BCUT2D eigenvalue weighted by Gasteiger charge is 2.41. The molecule has 0 bridgehead atoms. The van der Waals surface area contributed by atoms with E-state index in [2.05, 4.69) is 0 Å². The highest BCUT2D eigenvalue weighted by Crippen LogP contribution is 2.36. The smallest absolute Gasteiger partial charge is 0.232 e. The highest BCUT2D eigenvalue weighted by atomic mass is 35.5. The first-order valence-corrected chi connectivity index (χ1v) is 5.28. The molecule has 1 aromatic carbocycles. The molecule has 1 atom stereocenters. The maximum absolute atomic E-state index is 13.5. The van der Waals surface area contributed by atoms with Crippen LogP contribution in [0.25, 0.3) is 0 Å². The molecule has 18 heavy (non-hydrogen) atoms. The van der Waals surface area contributed by atoms with Crippen molar-refractivity contribution in [3.63, 3.8) is 0 Å². The van der Waals surface area contributed by atoms with Crippen molar-refractivity contribution in [2.45, 2.75) is 25.7 Å². The fourth-order valence-corrected chi connectivity index (χ4v) is 1.73. The second-order valence-electron chi connectivity index (χ2n) is 3.90. The summed E-state index contributed by atoms with van der Waals surface area (Å²) in [4.78, 5) is 11.2. The molecule has 0 heterocycles. The Morgan fingerprint density at radius 1 is 1.00 bits per heavy atom. The zero-order valence-corrected chi connectivity index (χ0v) is 10.1. The van der Waals surface area contributed by atoms with Crippen molar-refractivity contribution in [3.05, 3.63) is 34.6 Å². The van der Waals surface area contributed by atoms with Crippen molar-refractivity contribution < 1.29 is 26.7 Å². The van der Waals surface area contributed by atoms with E-state index in [9.17, 15) is 26.7 Å². The van der Waals surface area contributed by atoms with Gasteiger partial charge in [0.1, 0.15) is 0 Å². The van der Waals surface area contributed by atoms with Gasteiger partial charge in [0.15, 0.2) is 23.3 Å². The Labute approximate surface area is 105 Å². The normalized spacial score (nSPS) is 14.4. The first kappa shape index (κ1) is 14.9. The van der Waals surface area contributed by atoms with E-state index < -0.39 is 45.3 Å². The van der Waals surface area contributed by atoms with Gasteiger partial charge < -0.3 is 0 Å². The van der Waals surface area contributed by atoms with Gasteiger partial charge in [-0.15, -0.1) is 0 Å². The molecule has 0 aliphatic rings. The van der Waals surface area contributed by atoms with Gasteiger partial charge in [0.2, 0.25) is 11.1 Å². The molecule has 0 amide bonds. The van der Waals surface area contributed by atoms with Crippen LogP contribution in [-0.4, -0.2) is 5.24 Å². The van der Waals surface area contributed by atoms with Gasteiger partial charge >= 0.3 is 0 Å². The molecule has 0 N–H and O–H groups in total. The molecule has 1 nitrogen and oxygen atoms in total. The SMILES string of the molecule is CCC(C)(C(=O)Cl)c1c(F)c(F)c(F)c(F)c1F. The third-order valence-electron chi connectivity index (χ3n) is 2.90. The fourth-order valence-electron chi connectivity index (χ4n) is 1.50. The van der Waals surface area contributed by atoms with Gasteiger partial charge in [0.25, 0.3) is 0 Å². The molecule has 7 heteroatoms. The Hall–Kier alpha value is -1.17. The average molecular weight is 287 g/mol. The summed E-state index contributed by atoms with van der Waals surface area (Å²) in [5.41, 5.74) is -3.19. The number of hydrogen-bond donors (Lipinski definition) is 0. The molecule has 1 rings (SSSR count). The Bertz CT molecular complexity index is 488. The van der Waals surface area contributed by atoms with Gasteiger partial charge in [0.05, 0.1) is 5.41 Å². The first-order valence-electron chi connectivity index (χ1n) is 4.90. The second-order valence-corrected chi connectivity index (χ2v) is 4.25. The molecule has 0 spiro atoms. The molecular formula is C11H8ClF5O. The van der Waals surface area contributed by atoms with Crippen molar-refractivity contribution >= 4 is 16.8 Å².